The minimum absolute atomic E-state index is 0.0345. The maximum absolute atomic E-state index is 12.5. The van der Waals surface area contributed by atoms with Gasteiger partial charge in [0.2, 0.25) is 11.8 Å². The lowest BCUT2D eigenvalue weighted by atomic mass is 9.96. The monoisotopic (exact) mass is 282 g/mol. The molecule has 2 amide bonds. The van der Waals surface area contributed by atoms with E-state index < -0.39 is 0 Å². The molecule has 0 bridgehead atoms. The van der Waals surface area contributed by atoms with Crippen molar-refractivity contribution in [3.8, 4) is 0 Å². The van der Waals surface area contributed by atoms with Crippen LogP contribution in [0.15, 0.2) is 0 Å². The summed E-state index contributed by atoms with van der Waals surface area (Å²) in [6, 6.07) is -0.379. The van der Waals surface area contributed by atoms with Crippen LogP contribution in [0.3, 0.4) is 0 Å². The Kier molecular flexibility index (Phi) is 4.37. The summed E-state index contributed by atoms with van der Waals surface area (Å²) in [6.07, 6.45) is 2.88. The molecule has 114 valence electrons. The number of piperazine rings is 1. The number of rotatable bonds is 4. The first-order valence-corrected chi connectivity index (χ1v) is 7.58. The molecule has 2 heterocycles. The Morgan fingerprint density at radius 1 is 1.45 bits per heavy atom. The summed E-state index contributed by atoms with van der Waals surface area (Å²) >= 11 is 0. The van der Waals surface area contributed by atoms with E-state index in [4.69, 9.17) is 4.74 Å². The Morgan fingerprint density at radius 2 is 2.15 bits per heavy atom. The van der Waals surface area contributed by atoms with Crippen LogP contribution in [0.2, 0.25) is 0 Å². The van der Waals surface area contributed by atoms with E-state index in [-0.39, 0.29) is 42.0 Å². The van der Waals surface area contributed by atoms with Crippen LogP contribution in [0.4, 0.5) is 0 Å². The Hall–Kier alpha value is -1.10. The first kappa shape index (κ1) is 15.3. The lowest BCUT2D eigenvalue weighted by Gasteiger charge is -2.36. The Balaban J connectivity index is 2.00. The Morgan fingerprint density at radius 3 is 2.70 bits per heavy atom. The van der Waals surface area contributed by atoms with E-state index in [0.29, 0.717) is 6.54 Å². The summed E-state index contributed by atoms with van der Waals surface area (Å²) in [5.41, 5.74) is -0.109. The lowest BCUT2D eigenvalue weighted by molar-refractivity contribution is -0.148. The average Bonchev–Trinajstić information content (AvgIpc) is 2.71. The largest absolute Gasteiger partial charge is 0.371 e. The van der Waals surface area contributed by atoms with Crippen molar-refractivity contribution in [2.75, 3.05) is 13.1 Å². The third-order valence-electron chi connectivity index (χ3n) is 4.42. The smallest absolute Gasteiger partial charge is 0.245 e. The summed E-state index contributed by atoms with van der Waals surface area (Å²) in [5, 5.41) is 2.82. The van der Waals surface area contributed by atoms with E-state index in [1.807, 2.05) is 13.8 Å². The SMILES string of the molecule is CCC(C)C1NC(=O)CN(CC2CCC(C)(C)O2)C1=O. The number of carbonyl (C=O) groups excluding carboxylic acids is 2. The molecular formula is C15H26N2O3. The van der Waals surface area contributed by atoms with Crippen molar-refractivity contribution < 1.29 is 14.3 Å². The highest BCUT2D eigenvalue weighted by Crippen LogP contribution is 2.30. The van der Waals surface area contributed by atoms with Gasteiger partial charge in [0, 0.05) is 6.54 Å². The van der Waals surface area contributed by atoms with Crippen LogP contribution in [-0.4, -0.2) is 47.6 Å². The molecule has 2 aliphatic heterocycles. The molecule has 5 nitrogen and oxygen atoms in total. The normalized spacial score (nSPS) is 31.3. The molecule has 5 heteroatoms. The van der Waals surface area contributed by atoms with Gasteiger partial charge in [-0.3, -0.25) is 9.59 Å². The minimum Gasteiger partial charge on any atom is -0.371 e. The third kappa shape index (κ3) is 3.32. The molecule has 0 spiro atoms. The lowest BCUT2D eigenvalue weighted by Crippen LogP contribution is -2.61. The zero-order valence-corrected chi connectivity index (χ0v) is 12.9. The third-order valence-corrected chi connectivity index (χ3v) is 4.42. The van der Waals surface area contributed by atoms with E-state index in [0.717, 1.165) is 19.3 Å². The van der Waals surface area contributed by atoms with Crippen molar-refractivity contribution in [3.63, 3.8) is 0 Å². The molecule has 0 aliphatic carbocycles. The van der Waals surface area contributed by atoms with Gasteiger partial charge in [0.05, 0.1) is 18.2 Å². The van der Waals surface area contributed by atoms with Crippen molar-refractivity contribution in [3.05, 3.63) is 0 Å². The number of hydrogen-bond donors (Lipinski definition) is 1. The van der Waals surface area contributed by atoms with Crippen LogP contribution in [0.1, 0.15) is 47.0 Å². The molecule has 3 unspecified atom stereocenters. The summed E-state index contributed by atoms with van der Waals surface area (Å²) < 4.78 is 5.93. The first-order valence-electron chi connectivity index (χ1n) is 7.58. The van der Waals surface area contributed by atoms with Gasteiger partial charge in [0.1, 0.15) is 6.04 Å². The highest BCUT2D eigenvalue weighted by Gasteiger charge is 2.39. The predicted octanol–water partition coefficient (Wildman–Crippen LogP) is 1.32. The van der Waals surface area contributed by atoms with Gasteiger partial charge in [-0.1, -0.05) is 20.3 Å². The first-order chi connectivity index (χ1) is 9.32. The van der Waals surface area contributed by atoms with Crippen molar-refractivity contribution in [1.82, 2.24) is 10.2 Å². The van der Waals surface area contributed by atoms with Crippen LogP contribution in [0, 0.1) is 5.92 Å². The van der Waals surface area contributed by atoms with E-state index in [1.165, 1.54) is 0 Å². The maximum Gasteiger partial charge on any atom is 0.245 e. The van der Waals surface area contributed by atoms with Crippen LogP contribution in [0.25, 0.3) is 0 Å². The van der Waals surface area contributed by atoms with Gasteiger partial charge in [-0.05, 0) is 32.6 Å². The van der Waals surface area contributed by atoms with Crippen molar-refractivity contribution >= 4 is 11.8 Å². The summed E-state index contributed by atoms with van der Waals surface area (Å²) in [7, 11) is 0. The molecule has 0 aromatic carbocycles. The second-order valence-electron chi connectivity index (χ2n) is 6.69. The molecule has 2 aliphatic rings. The highest BCUT2D eigenvalue weighted by atomic mass is 16.5. The van der Waals surface area contributed by atoms with Gasteiger partial charge >= 0.3 is 0 Å². The molecule has 2 fully saturated rings. The molecular weight excluding hydrogens is 256 g/mol. The second-order valence-corrected chi connectivity index (χ2v) is 6.69. The maximum atomic E-state index is 12.5. The Bertz CT molecular complexity index is 395. The number of carbonyl (C=O) groups is 2. The van der Waals surface area contributed by atoms with Gasteiger partial charge in [-0.15, -0.1) is 0 Å². The van der Waals surface area contributed by atoms with Gasteiger partial charge < -0.3 is 15.0 Å². The number of amides is 2. The van der Waals surface area contributed by atoms with Crippen LogP contribution >= 0.6 is 0 Å². The second kappa shape index (κ2) is 5.72. The average molecular weight is 282 g/mol. The number of ether oxygens (including phenoxy) is 1. The summed E-state index contributed by atoms with van der Waals surface area (Å²) in [5.74, 6) is 0.134. The molecule has 0 saturated carbocycles. The zero-order valence-electron chi connectivity index (χ0n) is 12.9. The van der Waals surface area contributed by atoms with Crippen LogP contribution < -0.4 is 5.32 Å². The van der Waals surface area contributed by atoms with Gasteiger partial charge in [-0.25, -0.2) is 0 Å². The van der Waals surface area contributed by atoms with Crippen LogP contribution in [0.5, 0.6) is 0 Å². The molecule has 20 heavy (non-hydrogen) atoms. The van der Waals surface area contributed by atoms with Crippen molar-refractivity contribution in [1.29, 1.82) is 0 Å². The molecule has 0 radical (unpaired) electrons. The van der Waals surface area contributed by atoms with E-state index in [2.05, 4.69) is 19.2 Å². The fourth-order valence-electron chi connectivity index (χ4n) is 2.96. The molecule has 3 atom stereocenters. The Labute approximate surface area is 121 Å². The number of nitrogens with one attached hydrogen (secondary N) is 1. The fraction of sp³-hybridized carbons (Fsp3) is 0.867. The number of nitrogens with zero attached hydrogens (tertiary/aromatic N) is 1. The van der Waals surface area contributed by atoms with E-state index in [9.17, 15) is 9.59 Å². The van der Waals surface area contributed by atoms with Crippen LogP contribution in [-0.2, 0) is 14.3 Å². The quantitative estimate of drug-likeness (QED) is 0.846. The van der Waals surface area contributed by atoms with Crippen molar-refractivity contribution in [2.45, 2.75) is 64.7 Å². The minimum atomic E-state index is -0.379. The highest BCUT2D eigenvalue weighted by molar-refractivity contribution is 5.95. The predicted molar refractivity (Wildman–Crippen MR) is 76.2 cm³/mol. The number of hydrogen-bond acceptors (Lipinski definition) is 3. The molecule has 0 aromatic heterocycles. The van der Waals surface area contributed by atoms with E-state index in [1.54, 1.807) is 4.90 Å². The van der Waals surface area contributed by atoms with Crippen molar-refractivity contribution in [2.24, 2.45) is 5.92 Å². The van der Waals surface area contributed by atoms with E-state index >= 15 is 0 Å². The standard InChI is InChI=1S/C15H26N2O3/c1-5-10(2)13-14(19)17(9-12(18)16-13)8-11-6-7-15(3,4)20-11/h10-11,13H,5-9H2,1-4H3,(H,16,18). The topological polar surface area (TPSA) is 58.6 Å². The molecule has 1 N–H and O–H groups in total. The molecule has 0 aromatic rings. The van der Waals surface area contributed by atoms with Gasteiger partial charge in [0.15, 0.2) is 0 Å². The van der Waals surface area contributed by atoms with Gasteiger partial charge in [-0.2, -0.15) is 0 Å². The summed E-state index contributed by atoms with van der Waals surface area (Å²) in [4.78, 5) is 25.9. The molecule has 2 rings (SSSR count). The fourth-order valence-corrected chi connectivity index (χ4v) is 2.96. The molecule has 2 saturated heterocycles. The zero-order chi connectivity index (χ0) is 14.9. The summed E-state index contributed by atoms with van der Waals surface area (Å²) in [6.45, 7) is 8.86. The van der Waals surface area contributed by atoms with Gasteiger partial charge in [0.25, 0.3) is 0 Å².